The van der Waals surface area contributed by atoms with Gasteiger partial charge in [0, 0.05) is 0 Å². The van der Waals surface area contributed by atoms with E-state index >= 15 is 0 Å². The Bertz CT molecular complexity index is 120. The van der Waals surface area contributed by atoms with Crippen molar-refractivity contribution in [3.05, 3.63) is 0 Å². The van der Waals surface area contributed by atoms with Crippen LogP contribution in [0.2, 0.25) is 0 Å². The molecule has 0 aromatic heterocycles. The number of esters is 1. The monoisotopic (exact) mass is 192 g/mol. The van der Waals surface area contributed by atoms with E-state index in [0.29, 0.717) is 5.92 Å². The topological polar surface area (TPSA) is 26.3 Å². The molecular formula is C6H9BrO2. The summed E-state index contributed by atoms with van der Waals surface area (Å²) >= 11 is 3.26. The Labute approximate surface area is 62.7 Å². The van der Waals surface area contributed by atoms with Crippen LogP contribution in [0.4, 0.5) is 0 Å². The van der Waals surface area contributed by atoms with Crippen LogP contribution in [-0.2, 0) is 9.53 Å². The van der Waals surface area contributed by atoms with Crippen molar-refractivity contribution in [2.75, 3.05) is 7.11 Å². The van der Waals surface area contributed by atoms with Crippen LogP contribution in [-0.4, -0.2) is 17.9 Å². The van der Waals surface area contributed by atoms with Crippen LogP contribution in [0.1, 0.15) is 12.8 Å². The molecule has 0 N–H and O–H groups in total. The zero-order chi connectivity index (χ0) is 6.85. The number of ether oxygens (including phenoxy) is 1. The molecule has 1 unspecified atom stereocenters. The molecule has 9 heavy (non-hydrogen) atoms. The third kappa shape index (κ3) is 1.68. The molecule has 0 aromatic carbocycles. The van der Waals surface area contributed by atoms with Gasteiger partial charge in [-0.05, 0) is 18.8 Å². The molecule has 0 aromatic rings. The van der Waals surface area contributed by atoms with Crippen molar-refractivity contribution in [3.63, 3.8) is 0 Å². The van der Waals surface area contributed by atoms with Gasteiger partial charge in [-0.25, -0.2) is 0 Å². The van der Waals surface area contributed by atoms with E-state index in [4.69, 9.17) is 0 Å². The van der Waals surface area contributed by atoms with Gasteiger partial charge in [0.25, 0.3) is 0 Å². The molecule has 1 atom stereocenters. The smallest absolute Gasteiger partial charge is 0.319 e. The van der Waals surface area contributed by atoms with Crippen molar-refractivity contribution >= 4 is 21.9 Å². The van der Waals surface area contributed by atoms with Gasteiger partial charge in [0.1, 0.15) is 4.83 Å². The molecule has 2 nitrogen and oxygen atoms in total. The Kier molecular flexibility index (Phi) is 2.11. The Balaban J connectivity index is 2.30. The van der Waals surface area contributed by atoms with Crippen LogP contribution >= 0.6 is 15.9 Å². The molecule has 1 rings (SSSR count). The molecule has 1 aliphatic rings. The number of carbonyl (C=O) groups excluding carboxylic acids is 1. The van der Waals surface area contributed by atoms with Crippen LogP contribution in [0, 0.1) is 5.92 Å². The molecule has 1 saturated carbocycles. The number of rotatable bonds is 2. The van der Waals surface area contributed by atoms with Crippen molar-refractivity contribution in [2.45, 2.75) is 17.7 Å². The molecule has 0 radical (unpaired) electrons. The second kappa shape index (κ2) is 2.69. The summed E-state index contributed by atoms with van der Waals surface area (Å²) in [5.74, 6) is 0.398. The van der Waals surface area contributed by atoms with E-state index in [1.165, 1.54) is 7.11 Å². The first-order valence-electron chi connectivity index (χ1n) is 2.97. The maximum atomic E-state index is 10.7. The second-order valence-electron chi connectivity index (χ2n) is 2.26. The summed E-state index contributed by atoms with van der Waals surface area (Å²) in [5.41, 5.74) is 0. The van der Waals surface area contributed by atoms with Gasteiger partial charge in [-0.2, -0.15) is 0 Å². The van der Waals surface area contributed by atoms with Gasteiger partial charge >= 0.3 is 5.97 Å². The maximum absolute atomic E-state index is 10.7. The number of alkyl halides is 1. The van der Waals surface area contributed by atoms with Crippen molar-refractivity contribution in [3.8, 4) is 0 Å². The van der Waals surface area contributed by atoms with Gasteiger partial charge in [0.05, 0.1) is 7.11 Å². The summed E-state index contributed by atoms with van der Waals surface area (Å²) in [7, 11) is 1.42. The zero-order valence-corrected chi connectivity index (χ0v) is 6.85. The second-order valence-corrected chi connectivity index (χ2v) is 3.25. The average molecular weight is 193 g/mol. The number of methoxy groups -OCH3 is 1. The van der Waals surface area contributed by atoms with Gasteiger partial charge in [-0.15, -0.1) is 0 Å². The highest BCUT2D eigenvalue weighted by atomic mass is 79.9. The predicted octanol–water partition coefficient (Wildman–Crippen LogP) is 1.33. The number of hydrogen-bond acceptors (Lipinski definition) is 2. The van der Waals surface area contributed by atoms with E-state index in [0.717, 1.165) is 12.8 Å². The first kappa shape index (κ1) is 7.06. The average Bonchev–Trinajstić information content (AvgIpc) is 2.66. The van der Waals surface area contributed by atoms with Crippen LogP contribution < -0.4 is 0 Å². The summed E-state index contributed by atoms with van der Waals surface area (Å²) < 4.78 is 4.53. The highest BCUT2D eigenvalue weighted by molar-refractivity contribution is 9.10. The van der Waals surface area contributed by atoms with Gasteiger partial charge in [0.2, 0.25) is 0 Å². The normalized spacial score (nSPS) is 21.1. The first-order valence-corrected chi connectivity index (χ1v) is 3.89. The molecule has 1 aliphatic carbocycles. The molecule has 0 heterocycles. The Morgan fingerprint density at radius 1 is 1.78 bits per heavy atom. The summed E-state index contributed by atoms with van der Waals surface area (Å²) in [6.07, 6.45) is 2.32. The lowest BCUT2D eigenvalue weighted by atomic mass is 10.3. The third-order valence-corrected chi connectivity index (χ3v) is 2.58. The van der Waals surface area contributed by atoms with E-state index in [2.05, 4.69) is 20.7 Å². The van der Waals surface area contributed by atoms with Gasteiger partial charge in [-0.3, -0.25) is 4.79 Å². The summed E-state index contributed by atoms with van der Waals surface area (Å²) in [5, 5.41) is 0. The number of hydrogen-bond donors (Lipinski definition) is 0. The minimum Gasteiger partial charge on any atom is -0.468 e. The lowest BCUT2D eigenvalue weighted by molar-refractivity contribution is -0.140. The largest absolute Gasteiger partial charge is 0.468 e. The molecule has 0 bridgehead atoms. The van der Waals surface area contributed by atoms with Crippen molar-refractivity contribution in [1.29, 1.82) is 0 Å². The van der Waals surface area contributed by atoms with Crippen molar-refractivity contribution in [1.82, 2.24) is 0 Å². The minimum atomic E-state index is -0.141. The summed E-state index contributed by atoms with van der Waals surface area (Å²) in [4.78, 5) is 10.7. The molecule has 3 heteroatoms. The van der Waals surface area contributed by atoms with E-state index in [1.807, 2.05) is 0 Å². The quantitative estimate of drug-likeness (QED) is 0.488. The molecule has 0 saturated heterocycles. The predicted molar refractivity (Wildman–Crippen MR) is 37.5 cm³/mol. The lowest BCUT2D eigenvalue weighted by Crippen LogP contribution is -2.17. The van der Waals surface area contributed by atoms with E-state index < -0.39 is 0 Å². The SMILES string of the molecule is COC(=O)C(Br)C1CC1. The summed E-state index contributed by atoms with van der Waals surface area (Å²) in [6.45, 7) is 0. The fourth-order valence-corrected chi connectivity index (χ4v) is 1.41. The van der Waals surface area contributed by atoms with Crippen LogP contribution in [0.15, 0.2) is 0 Å². The Hall–Kier alpha value is -0.0500. The van der Waals surface area contributed by atoms with Crippen molar-refractivity contribution < 1.29 is 9.53 Å². The fraction of sp³-hybridized carbons (Fsp3) is 0.833. The molecule has 52 valence electrons. The molecule has 0 amide bonds. The standard InChI is InChI=1S/C6H9BrO2/c1-9-6(8)5(7)4-2-3-4/h4-5H,2-3H2,1H3. The van der Waals surface area contributed by atoms with Gasteiger partial charge in [0.15, 0.2) is 0 Å². The fourth-order valence-electron chi connectivity index (χ4n) is 0.694. The minimum absolute atomic E-state index is 0.0532. The van der Waals surface area contributed by atoms with E-state index in [-0.39, 0.29) is 10.8 Å². The Morgan fingerprint density at radius 3 is 2.67 bits per heavy atom. The van der Waals surface area contributed by atoms with Crippen LogP contribution in [0.5, 0.6) is 0 Å². The number of carbonyl (C=O) groups is 1. The maximum Gasteiger partial charge on any atom is 0.319 e. The molecular weight excluding hydrogens is 184 g/mol. The van der Waals surface area contributed by atoms with Crippen molar-refractivity contribution in [2.24, 2.45) is 5.92 Å². The van der Waals surface area contributed by atoms with Gasteiger partial charge in [-0.1, -0.05) is 15.9 Å². The highest BCUT2D eigenvalue weighted by Crippen LogP contribution is 2.36. The van der Waals surface area contributed by atoms with Crippen LogP contribution in [0.3, 0.4) is 0 Å². The molecule has 0 spiro atoms. The van der Waals surface area contributed by atoms with E-state index in [1.54, 1.807) is 0 Å². The number of halogens is 1. The summed E-state index contributed by atoms with van der Waals surface area (Å²) in [6, 6.07) is 0. The molecule has 0 aliphatic heterocycles. The molecule has 1 fully saturated rings. The Morgan fingerprint density at radius 2 is 2.33 bits per heavy atom. The lowest BCUT2D eigenvalue weighted by Gasteiger charge is -2.02. The first-order chi connectivity index (χ1) is 4.25. The van der Waals surface area contributed by atoms with Crippen LogP contribution in [0.25, 0.3) is 0 Å². The highest BCUT2D eigenvalue weighted by Gasteiger charge is 2.34. The zero-order valence-electron chi connectivity index (χ0n) is 5.26. The van der Waals surface area contributed by atoms with Gasteiger partial charge < -0.3 is 4.74 Å². The third-order valence-electron chi connectivity index (χ3n) is 1.46. The van der Waals surface area contributed by atoms with E-state index in [9.17, 15) is 4.79 Å².